The molecule has 2 aliphatic rings. The van der Waals surface area contributed by atoms with Crippen molar-refractivity contribution in [2.75, 3.05) is 20.7 Å². The minimum Gasteiger partial charge on any atom is -0.462 e. The zero-order valence-electron chi connectivity index (χ0n) is 26.5. The molecule has 8 nitrogen and oxygen atoms in total. The molecule has 0 amide bonds. The highest BCUT2D eigenvalue weighted by Crippen LogP contribution is 2.40. The molecule has 2 aliphatic heterocycles. The molecule has 8 heteroatoms. The van der Waals surface area contributed by atoms with Gasteiger partial charge in [-0.25, -0.2) is 0 Å². The van der Waals surface area contributed by atoms with Crippen molar-refractivity contribution in [1.82, 2.24) is 4.90 Å². The molecule has 13 atom stereocenters. The summed E-state index contributed by atoms with van der Waals surface area (Å²) < 4.78 is 18.1. The quantitative estimate of drug-likeness (QED) is 0.445. The summed E-state index contributed by atoms with van der Waals surface area (Å²) in [6, 6.07) is -0.120. The molecule has 0 aromatic heterocycles. The molecule has 2 rings (SSSR count). The van der Waals surface area contributed by atoms with Crippen LogP contribution in [0.5, 0.6) is 0 Å². The number of cyclic esters (lactones) is 1. The van der Waals surface area contributed by atoms with E-state index < -0.39 is 41.5 Å². The SMILES string of the molecule is CC[C@H]1OC(=O)[C@H](C)[C@@H](C[C@H]2C[C@@](C)(OC)[C@@H](O)C(C)O2)[C@H](C)C[C@](C)(O)C[C@@H](C)CN(C)C(C)C(O)[C@H]1C. The molecule has 3 N–H and O–H groups in total. The highest BCUT2D eigenvalue weighted by molar-refractivity contribution is 5.72. The molecular formula is C31H59NO7. The highest BCUT2D eigenvalue weighted by atomic mass is 16.6. The van der Waals surface area contributed by atoms with E-state index in [2.05, 4.69) is 18.7 Å². The van der Waals surface area contributed by atoms with E-state index in [-0.39, 0.29) is 41.8 Å². The van der Waals surface area contributed by atoms with Gasteiger partial charge in [0.2, 0.25) is 0 Å². The van der Waals surface area contributed by atoms with Gasteiger partial charge in [-0.2, -0.15) is 0 Å². The lowest BCUT2D eigenvalue weighted by Gasteiger charge is -2.46. The average molecular weight is 558 g/mol. The van der Waals surface area contributed by atoms with Crippen LogP contribution in [-0.4, -0.2) is 94.7 Å². The molecule has 39 heavy (non-hydrogen) atoms. The average Bonchev–Trinajstić information content (AvgIpc) is 2.85. The van der Waals surface area contributed by atoms with E-state index in [4.69, 9.17) is 14.2 Å². The minimum atomic E-state index is -0.916. The molecule has 0 spiro atoms. The summed E-state index contributed by atoms with van der Waals surface area (Å²) in [7, 11) is 3.62. The van der Waals surface area contributed by atoms with E-state index >= 15 is 0 Å². The third-order valence-electron chi connectivity index (χ3n) is 9.99. The standard InChI is InChI=1S/C31H59NO7/c1-12-26-21(5)27(33)22(6)32(10)17-18(2)14-30(8,36)15-19(3)25(20(4)29(35)39-26)13-24-16-31(9,37-11)28(34)23(7)38-24/h18-28,33-34,36H,12-17H2,1-11H3/t18-,19-,20-,21+,22?,23?,24+,25+,26-,27?,28+,30-,31-/m1/s1. The molecule has 2 saturated heterocycles. The lowest BCUT2D eigenvalue weighted by atomic mass is 9.72. The van der Waals surface area contributed by atoms with E-state index in [0.29, 0.717) is 32.1 Å². The molecule has 3 unspecified atom stereocenters. The second-order valence-electron chi connectivity index (χ2n) is 13.7. The van der Waals surface area contributed by atoms with Crippen molar-refractivity contribution in [2.24, 2.45) is 29.6 Å². The number of carbonyl (C=O) groups excluding carboxylic acids is 1. The lowest BCUT2D eigenvalue weighted by molar-refractivity contribution is -0.219. The third kappa shape index (κ3) is 8.62. The van der Waals surface area contributed by atoms with Crippen LogP contribution in [0.1, 0.15) is 94.4 Å². The van der Waals surface area contributed by atoms with Crippen molar-refractivity contribution >= 4 is 5.97 Å². The van der Waals surface area contributed by atoms with Gasteiger partial charge in [0, 0.05) is 32.0 Å². The summed E-state index contributed by atoms with van der Waals surface area (Å²) in [6.45, 7) is 18.5. The zero-order valence-corrected chi connectivity index (χ0v) is 26.5. The van der Waals surface area contributed by atoms with Crippen LogP contribution < -0.4 is 0 Å². The van der Waals surface area contributed by atoms with Crippen LogP contribution in [0.3, 0.4) is 0 Å². The lowest BCUT2D eigenvalue weighted by Crippen LogP contribution is -2.56. The van der Waals surface area contributed by atoms with Gasteiger partial charge < -0.3 is 34.4 Å². The zero-order chi connectivity index (χ0) is 29.9. The molecular weight excluding hydrogens is 498 g/mol. The maximum atomic E-state index is 13.6. The summed E-state index contributed by atoms with van der Waals surface area (Å²) in [6.07, 6.45) is 0.472. The van der Waals surface area contributed by atoms with E-state index in [1.54, 1.807) is 7.11 Å². The number of nitrogens with zero attached hydrogens (tertiary/aromatic N) is 1. The monoisotopic (exact) mass is 557 g/mol. The van der Waals surface area contributed by atoms with Gasteiger partial charge in [-0.05, 0) is 78.2 Å². The van der Waals surface area contributed by atoms with Crippen molar-refractivity contribution < 1.29 is 34.3 Å². The van der Waals surface area contributed by atoms with E-state index in [0.717, 1.165) is 6.54 Å². The summed E-state index contributed by atoms with van der Waals surface area (Å²) in [5.74, 6) is -0.822. The Morgan fingerprint density at radius 2 is 1.67 bits per heavy atom. The van der Waals surface area contributed by atoms with Crippen LogP contribution in [0.4, 0.5) is 0 Å². The fourth-order valence-electron chi connectivity index (χ4n) is 7.39. The van der Waals surface area contributed by atoms with Crippen LogP contribution in [0.15, 0.2) is 0 Å². The minimum absolute atomic E-state index is 0.0131. The second-order valence-corrected chi connectivity index (χ2v) is 13.7. The molecule has 0 saturated carbocycles. The fourth-order valence-corrected chi connectivity index (χ4v) is 7.39. The van der Waals surface area contributed by atoms with E-state index in [1.165, 1.54) is 0 Å². The number of aliphatic hydroxyl groups is 3. The number of aliphatic hydroxyl groups excluding tert-OH is 2. The fraction of sp³-hybridized carbons (Fsp3) is 0.968. The Hall–Kier alpha value is -0.770. The predicted octanol–water partition coefficient (Wildman–Crippen LogP) is 4.03. The first kappa shape index (κ1) is 34.4. The van der Waals surface area contributed by atoms with Crippen LogP contribution in [0.25, 0.3) is 0 Å². The van der Waals surface area contributed by atoms with Crippen LogP contribution in [0, 0.1) is 29.6 Å². The molecule has 0 aromatic rings. The Balaban J connectivity index is 2.42. The molecule has 0 aliphatic carbocycles. The summed E-state index contributed by atoms with van der Waals surface area (Å²) in [5.41, 5.74) is -1.65. The smallest absolute Gasteiger partial charge is 0.309 e. The summed E-state index contributed by atoms with van der Waals surface area (Å²) in [4.78, 5) is 15.8. The number of likely N-dealkylation sites (N-methyl/N-ethyl adjacent to an activating group) is 1. The normalized spacial score (nSPS) is 48.2. The van der Waals surface area contributed by atoms with Crippen LogP contribution in [0.2, 0.25) is 0 Å². The number of methoxy groups -OCH3 is 1. The number of esters is 1. The Morgan fingerprint density at radius 1 is 1.05 bits per heavy atom. The number of rotatable bonds is 4. The molecule has 0 aromatic carbocycles. The first-order chi connectivity index (χ1) is 18.0. The van der Waals surface area contributed by atoms with Gasteiger partial charge in [0.05, 0.1) is 35.4 Å². The van der Waals surface area contributed by atoms with Gasteiger partial charge in [-0.15, -0.1) is 0 Å². The number of ether oxygens (including phenoxy) is 3. The van der Waals surface area contributed by atoms with Crippen molar-refractivity contribution in [3.05, 3.63) is 0 Å². The van der Waals surface area contributed by atoms with Gasteiger partial charge in [-0.1, -0.05) is 34.6 Å². The first-order valence-electron chi connectivity index (χ1n) is 15.2. The molecule has 230 valence electrons. The Labute approximate surface area is 237 Å². The van der Waals surface area contributed by atoms with Crippen LogP contribution in [-0.2, 0) is 19.0 Å². The Morgan fingerprint density at radius 3 is 2.23 bits per heavy atom. The predicted molar refractivity (Wildman–Crippen MR) is 153 cm³/mol. The highest BCUT2D eigenvalue weighted by Gasteiger charge is 2.47. The third-order valence-corrected chi connectivity index (χ3v) is 9.99. The molecule has 0 bridgehead atoms. The largest absolute Gasteiger partial charge is 0.462 e. The number of hydrogen-bond donors (Lipinski definition) is 3. The Bertz CT molecular complexity index is 778. The van der Waals surface area contributed by atoms with Gasteiger partial charge in [-0.3, -0.25) is 4.79 Å². The van der Waals surface area contributed by atoms with Crippen molar-refractivity contribution in [3.63, 3.8) is 0 Å². The van der Waals surface area contributed by atoms with Crippen molar-refractivity contribution in [2.45, 2.75) is 142 Å². The summed E-state index contributed by atoms with van der Waals surface area (Å²) >= 11 is 0. The Kier molecular flexibility index (Phi) is 12.3. The van der Waals surface area contributed by atoms with Gasteiger partial charge >= 0.3 is 5.97 Å². The molecule has 2 heterocycles. The van der Waals surface area contributed by atoms with E-state index in [1.807, 2.05) is 55.5 Å². The second kappa shape index (κ2) is 13.9. The molecule has 0 radical (unpaired) electrons. The first-order valence-corrected chi connectivity index (χ1v) is 15.2. The van der Waals surface area contributed by atoms with Gasteiger partial charge in [0.15, 0.2) is 0 Å². The molecule has 2 fully saturated rings. The maximum absolute atomic E-state index is 13.6. The number of hydrogen-bond acceptors (Lipinski definition) is 8. The van der Waals surface area contributed by atoms with Gasteiger partial charge in [0.25, 0.3) is 0 Å². The maximum Gasteiger partial charge on any atom is 0.309 e. The topological polar surface area (TPSA) is 109 Å². The number of carbonyl (C=O) groups is 1. The van der Waals surface area contributed by atoms with Crippen molar-refractivity contribution in [3.8, 4) is 0 Å². The van der Waals surface area contributed by atoms with E-state index in [9.17, 15) is 20.1 Å². The summed E-state index contributed by atoms with van der Waals surface area (Å²) in [5, 5.41) is 33.4. The van der Waals surface area contributed by atoms with Gasteiger partial charge in [0.1, 0.15) is 12.2 Å². The van der Waals surface area contributed by atoms with Crippen molar-refractivity contribution in [1.29, 1.82) is 0 Å². The van der Waals surface area contributed by atoms with Crippen LogP contribution >= 0.6 is 0 Å².